The number of nitrogens with one attached hydrogen (secondary N) is 1. The van der Waals surface area contributed by atoms with Crippen molar-refractivity contribution in [1.82, 2.24) is 15.2 Å². The van der Waals surface area contributed by atoms with Crippen LogP contribution in [0.25, 0.3) is 0 Å². The molecule has 0 spiro atoms. The molecule has 1 aromatic rings. The predicted molar refractivity (Wildman–Crippen MR) is 62.4 cm³/mol. The summed E-state index contributed by atoms with van der Waals surface area (Å²) in [5, 5.41) is 2.85. The Morgan fingerprint density at radius 3 is 3.06 bits per heavy atom. The van der Waals surface area contributed by atoms with Crippen molar-refractivity contribution in [1.29, 1.82) is 0 Å². The van der Waals surface area contributed by atoms with Gasteiger partial charge >= 0.3 is 0 Å². The van der Waals surface area contributed by atoms with Gasteiger partial charge in [-0.3, -0.25) is 15.1 Å². The fourth-order valence-electron chi connectivity index (χ4n) is 1.20. The summed E-state index contributed by atoms with van der Waals surface area (Å²) in [6.45, 7) is 1.17. The number of hydrogen-bond acceptors (Lipinski definition) is 3. The van der Waals surface area contributed by atoms with Gasteiger partial charge in [0, 0.05) is 13.2 Å². The van der Waals surface area contributed by atoms with Gasteiger partial charge in [-0.25, -0.2) is 0 Å². The van der Waals surface area contributed by atoms with E-state index >= 15 is 0 Å². The summed E-state index contributed by atoms with van der Waals surface area (Å²) >= 11 is 0. The Morgan fingerprint density at radius 2 is 2.44 bits per heavy atom. The van der Waals surface area contributed by atoms with Gasteiger partial charge in [-0.2, -0.15) is 0 Å². The Morgan fingerprint density at radius 1 is 1.62 bits per heavy atom. The van der Waals surface area contributed by atoms with Gasteiger partial charge in [0.05, 0.1) is 25.3 Å². The zero-order chi connectivity index (χ0) is 11.8. The molecule has 0 bridgehead atoms. The fraction of sp³-hybridized carbons (Fsp3) is 0.333. The number of likely N-dealkylation sites (N-methyl/N-ethyl adjacent to an activating group) is 1. The summed E-state index contributed by atoms with van der Waals surface area (Å²) in [5.74, 6) is 2.42. The molecule has 0 aliphatic carbocycles. The highest BCUT2D eigenvalue weighted by molar-refractivity contribution is 5.77. The van der Waals surface area contributed by atoms with Crippen LogP contribution in [0.1, 0.15) is 5.69 Å². The van der Waals surface area contributed by atoms with Gasteiger partial charge in [0.25, 0.3) is 0 Å². The van der Waals surface area contributed by atoms with Crippen LogP contribution in [-0.4, -0.2) is 35.9 Å². The lowest BCUT2D eigenvalue weighted by molar-refractivity contribution is -0.129. The van der Waals surface area contributed by atoms with Crippen LogP contribution in [-0.2, 0) is 11.3 Å². The molecule has 1 amide bonds. The number of carbonyl (C=O) groups is 1. The summed E-state index contributed by atoms with van der Waals surface area (Å²) < 4.78 is 0. The molecular weight excluding hydrogens is 202 g/mol. The Hall–Kier alpha value is -1.86. The van der Waals surface area contributed by atoms with Gasteiger partial charge in [-0.1, -0.05) is 12.0 Å². The van der Waals surface area contributed by atoms with Crippen molar-refractivity contribution in [2.45, 2.75) is 6.54 Å². The number of terminal acetylenes is 1. The molecule has 84 valence electrons. The molecule has 1 aromatic heterocycles. The molecule has 4 heteroatoms. The smallest absolute Gasteiger partial charge is 0.236 e. The average Bonchev–Trinajstić information content (AvgIpc) is 2.30. The molecule has 16 heavy (non-hydrogen) atoms. The van der Waals surface area contributed by atoms with E-state index in [1.54, 1.807) is 18.1 Å². The largest absolute Gasteiger partial charge is 0.339 e. The van der Waals surface area contributed by atoms with Gasteiger partial charge in [0.2, 0.25) is 5.91 Å². The first kappa shape index (κ1) is 12.2. The maximum absolute atomic E-state index is 11.6. The minimum atomic E-state index is 0.000836. The standard InChI is InChI=1S/C12H15N3O/c1-3-7-13-9-12(16)15(2)10-11-6-4-5-8-14-11/h1,4-6,8,13H,7,9-10H2,2H3. The number of nitrogens with zero attached hydrogens (tertiary/aromatic N) is 2. The number of hydrogen-bond donors (Lipinski definition) is 1. The van der Waals surface area contributed by atoms with E-state index in [1.807, 2.05) is 18.2 Å². The molecule has 0 fully saturated rings. The van der Waals surface area contributed by atoms with E-state index < -0.39 is 0 Å². The molecule has 1 N–H and O–H groups in total. The zero-order valence-electron chi connectivity index (χ0n) is 9.31. The van der Waals surface area contributed by atoms with E-state index in [4.69, 9.17) is 6.42 Å². The maximum Gasteiger partial charge on any atom is 0.236 e. The normalized spacial score (nSPS) is 9.50. The highest BCUT2D eigenvalue weighted by Crippen LogP contribution is 1.98. The van der Waals surface area contributed by atoms with E-state index in [9.17, 15) is 4.79 Å². The van der Waals surface area contributed by atoms with E-state index in [0.29, 0.717) is 13.1 Å². The second kappa shape index (κ2) is 6.59. The first-order valence-corrected chi connectivity index (χ1v) is 5.02. The third kappa shape index (κ3) is 4.11. The van der Waals surface area contributed by atoms with Crippen molar-refractivity contribution in [3.8, 4) is 12.3 Å². The third-order valence-electron chi connectivity index (χ3n) is 2.05. The van der Waals surface area contributed by atoms with Gasteiger partial charge < -0.3 is 4.90 Å². The average molecular weight is 217 g/mol. The predicted octanol–water partition coefficient (Wildman–Crippen LogP) is 0.263. The summed E-state index contributed by atoms with van der Waals surface area (Å²) in [4.78, 5) is 17.4. The Bertz CT molecular complexity index is 370. The summed E-state index contributed by atoms with van der Waals surface area (Å²) in [5.41, 5.74) is 0.871. The second-order valence-electron chi connectivity index (χ2n) is 3.38. The molecule has 4 nitrogen and oxygen atoms in total. The van der Waals surface area contributed by atoms with Gasteiger partial charge in [-0.15, -0.1) is 6.42 Å². The van der Waals surface area contributed by atoms with E-state index in [2.05, 4.69) is 16.2 Å². The molecule has 0 unspecified atom stereocenters. The minimum absolute atomic E-state index is 0.000836. The van der Waals surface area contributed by atoms with Crippen LogP contribution in [0.15, 0.2) is 24.4 Å². The van der Waals surface area contributed by atoms with Crippen LogP contribution in [0.3, 0.4) is 0 Å². The second-order valence-corrected chi connectivity index (χ2v) is 3.38. The summed E-state index contributed by atoms with van der Waals surface area (Å²) in [6.07, 6.45) is 6.78. The lowest BCUT2D eigenvalue weighted by Gasteiger charge is -2.16. The number of pyridine rings is 1. The van der Waals surface area contributed by atoms with Crippen LogP contribution in [0.5, 0.6) is 0 Å². The first-order valence-electron chi connectivity index (χ1n) is 5.02. The zero-order valence-corrected chi connectivity index (χ0v) is 9.31. The molecule has 0 aliphatic heterocycles. The van der Waals surface area contributed by atoms with E-state index in [1.165, 1.54) is 0 Å². The topological polar surface area (TPSA) is 45.2 Å². The molecule has 1 heterocycles. The Labute approximate surface area is 95.7 Å². The van der Waals surface area contributed by atoms with Crippen LogP contribution in [0.4, 0.5) is 0 Å². The molecule has 0 atom stereocenters. The number of amides is 1. The minimum Gasteiger partial charge on any atom is -0.339 e. The van der Waals surface area contributed by atoms with E-state index in [-0.39, 0.29) is 12.5 Å². The lowest BCUT2D eigenvalue weighted by atomic mass is 10.3. The van der Waals surface area contributed by atoms with Crippen molar-refractivity contribution in [3.05, 3.63) is 30.1 Å². The molecule has 0 saturated carbocycles. The molecule has 0 saturated heterocycles. The quantitative estimate of drug-likeness (QED) is 0.568. The van der Waals surface area contributed by atoms with Crippen molar-refractivity contribution < 1.29 is 4.79 Å². The SMILES string of the molecule is C#CCNCC(=O)N(C)Cc1ccccn1. The molecular formula is C12H15N3O. The van der Waals surface area contributed by atoms with Crippen LogP contribution in [0, 0.1) is 12.3 Å². The first-order chi connectivity index (χ1) is 7.74. The number of rotatable bonds is 5. The van der Waals surface area contributed by atoms with Crippen molar-refractivity contribution >= 4 is 5.91 Å². The maximum atomic E-state index is 11.6. The van der Waals surface area contributed by atoms with Crippen molar-refractivity contribution in [2.24, 2.45) is 0 Å². The van der Waals surface area contributed by atoms with Crippen molar-refractivity contribution in [2.75, 3.05) is 20.1 Å². The van der Waals surface area contributed by atoms with Crippen LogP contribution < -0.4 is 5.32 Å². The third-order valence-corrected chi connectivity index (χ3v) is 2.05. The lowest BCUT2D eigenvalue weighted by Crippen LogP contribution is -2.35. The Balaban J connectivity index is 2.38. The van der Waals surface area contributed by atoms with Gasteiger partial charge in [-0.05, 0) is 12.1 Å². The molecule has 1 rings (SSSR count). The van der Waals surface area contributed by atoms with Crippen molar-refractivity contribution in [3.63, 3.8) is 0 Å². The highest BCUT2D eigenvalue weighted by Gasteiger charge is 2.08. The molecule has 0 radical (unpaired) electrons. The number of aromatic nitrogens is 1. The summed E-state index contributed by atoms with van der Waals surface area (Å²) in [7, 11) is 1.74. The monoisotopic (exact) mass is 217 g/mol. The summed E-state index contributed by atoms with van der Waals surface area (Å²) in [6, 6.07) is 5.63. The molecule has 0 aromatic carbocycles. The van der Waals surface area contributed by atoms with Gasteiger partial charge in [0.1, 0.15) is 0 Å². The van der Waals surface area contributed by atoms with Crippen LogP contribution in [0.2, 0.25) is 0 Å². The number of carbonyl (C=O) groups excluding carboxylic acids is 1. The fourth-order valence-corrected chi connectivity index (χ4v) is 1.20. The Kier molecular flexibility index (Phi) is 5.03. The highest BCUT2D eigenvalue weighted by atomic mass is 16.2. The molecule has 0 aliphatic rings. The van der Waals surface area contributed by atoms with Gasteiger partial charge in [0.15, 0.2) is 0 Å². The van der Waals surface area contributed by atoms with Crippen LogP contribution >= 0.6 is 0 Å². The van der Waals surface area contributed by atoms with E-state index in [0.717, 1.165) is 5.69 Å².